The van der Waals surface area contributed by atoms with Gasteiger partial charge in [0.25, 0.3) is 0 Å². The Morgan fingerprint density at radius 1 is 1.44 bits per heavy atom. The Kier molecular flexibility index (Phi) is 7.76. The highest BCUT2D eigenvalue weighted by molar-refractivity contribution is 7.99. The first-order valence-corrected chi connectivity index (χ1v) is 6.10. The van der Waals surface area contributed by atoms with Crippen LogP contribution < -0.4 is 5.32 Å². The van der Waals surface area contributed by atoms with Gasteiger partial charge in [-0.1, -0.05) is 0 Å². The van der Waals surface area contributed by atoms with E-state index in [1.807, 2.05) is 0 Å². The van der Waals surface area contributed by atoms with Crippen molar-refractivity contribution < 1.29 is 32.6 Å². The van der Waals surface area contributed by atoms with Gasteiger partial charge in [0.1, 0.15) is 12.6 Å². The lowest BCUT2D eigenvalue weighted by molar-refractivity contribution is -0.172. The molecule has 0 fully saturated rings. The van der Waals surface area contributed by atoms with Gasteiger partial charge in [0.05, 0.1) is 6.61 Å². The third kappa shape index (κ3) is 10.2. The number of ether oxygens (including phenoxy) is 1. The van der Waals surface area contributed by atoms with Gasteiger partial charge in [-0.3, -0.25) is 4.79 Å². The Balaban J connectivity index is 3.68. The molecule has 5 nitrogen and oxygen atoms in total. The molecule has 0 bridgehead atoms. The van der Waals surface area contributed by atoms with Crippen LogP contribution in [0.4, 0.5) is 13.2 Å². The molecular weight excluding hydrogens is 275 g/mol. The average molecular weight is 289 g/mol. The van der Waals surface area contributed by atoms with E-state index in [4.69, 9.17) is 5.11 Å². The summed E-state index contributed by atoms with van der Waals surface area (Å²) in [5, 5.41) is 10.9. The maximum Gasteiger partial charge on any atom is 0.411 e. The lowest BCUT2D eigenvalue weighted by Gasteiger charge is -2.12. The van der Waals surface area contributed by atoms with E-state index >= 15 is 0 Å². The van der Waals surface area contributed by atoms with Gasteiger partial charge in [0.2, 0.25) is 5.91 Å². The Labute approximate surface area is 106 Å². The van der Waals surface area contributed by atoms with E-state index in [-0.39, 0.29) is 18.1 Å². The fourth-order valence-corrected chi connectivity index (χ4v) is 1.79. The van der Waals surface area contributed by atoms with Gasteiger partial charge in [0.15, 0.2) is 0 Å². The highest BCUT2D eigenvalue weighted by atomic mass is 32.2. The van der Waals surface area contributed by atoms with E-state index in [2.05, 4.69) is 10.1 Å². The van der Waals surface area contributed by atoms with Crippen LogP contribution in [0.25, 0.3) is 0 Å². The van der Waals surface area contributed by atoms with E-state index in [0.717, 1.165) is 11.8 Å². The third-order valence-electron chi connectivity index (χ3n) is 1.60. The van der Waals surface area contributed by atoms with Crippen LogP contribution in [-0.4, -0.2) is 53.9 Å². The molecule has 0 saturated carbocycles. The molecule has 0 radical (unpaired) electrons. The van der Waals surface area contributed by atoms with Crippen LogP contribution >= 0.6 is 11.8 Å². The van der Waals surface area contributed by atoms with Crippen molar-refractivity contribution in [1.29, 1.82) is 0 Å². The molecule has 18 heavy (non-hydrogen) atoms. The number of carbonyl (C=O) groups is 2. The summed E-state index contributed by atoms with van der Waals surface area (Å²) in [5.74, 6) is -1.37. The fourth-order valence-electron chi connectivity index (χ4n) is 0.927. The first-order valence-electron chi connectivity index (χ1n) is 4.94. The summed E-state index contributed by atoms with van der Waals surface area (Å²) in [7, 11) is 0. The molecule has 1 atom stereocenters. The van der Waals surface area contributed by atoms with Gasteiger partial charge in [-0.05, 0) is 0 Å². The number of thioether (sulfide) groups is 1. The minimum atomic E-state index is -4.36. The molecular formula is C9H14F3NO4S. The second kappa shape index (κ2) is 8.20. The second-order valence-electron chi connectivity index (χ2n) is 3.33. The predicted octanol–water partition coefficient (Wildman–Crippen LogP) is 0.888. The predicted molar refractivity (Wildman–Crippen MR) is 59.4 cm³/mol. The molecule has 0 saturated heterocycles. The smallest absolute Gasteiger partial charge is 0.411 e. The largest absolute Gasteiger partial charge is 0.480 e. The van der Waals surface area contributed by atoms with Gasteiger partial charge in [-0.25, -0.2) is 4.79 Å². The molecule has 0 aliphatic carbocycles. The lowest BCUT2D eigenvalue weighted by atomic mass is 10.3. The molecule has 106 valence electrons. The standard InChI is InChI=1S/C9H14F3NO4S/c1-6(14)13-7(8(15)16)4-18-3-2-17-5-9(10,11)12/h7H,2-5H2,1H3,(H,13,14)(H,15,16)/t7-/m0/s1. The molecule has 1 amide bonds. The van der Waals surface area contributed by atoms with Gasteiger partial charge in [0, 0.05) is 18.4 Å². The number of hydrogen-bond acceptors (Lipinski definition) is 4. The number of alkyl halides is 3. The minimum Gasteiger partial charge on any atom is -0.480 e. The first-order chi connectivity index (χ1) is 8.22. The lowest BCUT2D eigenvalue weighted by Crippen LogP contribution is -2.41. The summed E-state index contributed by atoms with van der Waals surface area (Å²) in [5.41, 5.74) is 0. The van der Waals surface area contributed by atoms with Crippen LogP contribution in [0.2, 0.25) is 0 Å². The topological polar surface area (TPSA) is 75.6 Å². The van der Waals surface area contributed by atoms with Crippen LogP contribution in [0, 0.1) is 0 Å². The maximum absolute atomic E-state index is 11.7. The average Bonchev–Trinajstić information content (AvgIpc) is 2.18. The molecule has 9 heteroatoms. The summed E-state index contributed by atoms with van der Waals surface area (Å²) in [6, 6.07) is -1.05. The Bertz CT molecular complexity index is 285. The molecule has 0 aromatic rings. The van der Waals surface area contributed by atoms with Gasteiger partial charge in [-0.15, -0.1) is 0 Å². The molecule has 0 aromatic carbocycles. The first kappa shape index (κ1) is 17.0. The summed E-state index contributed by atoms with van der Waals surface area (Å²) < 4.78 is 39.4. The van der Waals surface area contributed by atoms with Gasteiger partial charge in [-0.2, -0.15) is 24.9 Å². The zero-order chi connectivity index (χ0) is 14.2. The van der Waals surface area contributed by atoms with Crippen molar-refractivity contribution in [2.45, 2.75) is 19.1 Å². The number of aliphatic carboxylic acids is 1. The minimum absolute atomic E-state index is 0.0737. The molecule has 0 aliphatic rings. The Hall–Kier alpha value is -0.960. The molecule has 0 aliphatic heterocycles. The van der Waals surface area contributed by atoms with Crippen LogP contribution in [0.5, 0.6) is 0 Å². The van der Waals surface area contributed by atoms with Gasteiger partial charge < -0.3 is 15.2 Å². The highest BCUT2D eigenvalue weighted by Crippen LogP contribution is 2.14. The summed E-state index contributed by atoms with van der Waals surface area (Å²) in [4.78, 5) is 21.3. The highest BCUT2D eigenvalue weighted by Gasteiger charge is 2.27. The number of nitrogens with one attached hydrogen (secondary N) is 1. The number of carboxylic acid groups (broad SMARTS) is 1. The monoisotopic (exact) mass is 289 g/mol. The Morgan fingerprint density at radius 2 is 2.06 bits per heavy atom. The van der Waals surface area contributed by atoms with Gasteiger partial charge >= 0.3 is 12.1 Å². The van der Waals surface area contributed by atoms with E-state index in [1.54, 1.807) is 0 Å². The van der Waals surface area contributed by atoms with E-state index < -0.39 is 30.7 Å². The number of amides is 1. The van der Waals surface area contributed by atoms with Crippen molar-refractivity contribution in [3.63, 3.8) is 0 Å². The zero-order valence-corrected chi connectivity index (χ0v) is 10.4. The van der Waals surface area contributed by atoms with Crippen molar-refractivity contribution >= 4 is 23.6 Å². The summed E-state index contributed by atoms with van der Waals surface area (Å²) in [6.45, 7) is -0.259. The normalized spacial score (nSPS) is 13.1. The van der Waals surface area contributed by atoms with E-state index in [9.17, 15) is 22.8 Å². The number of hydrogen-bond donors (Lipinski definition) is 2. The van der Waals surface area contributed by atoms with E-state index in [0.29, 0.717) is 0 Å². The van der Waals surface area contributed by atoms with Crippen molar-refractivity contribution in [2.24, 2.45) is 0 Å². The number of carboxylic acids is 1. The second-order valence-corrected chi connectivity index (χ2v) is 4.48. The van der Waals surface area contributed by atoms with Crippen molar-refractivity contribution in [2.75, 3.05) is 24.7 Å². The van der Waals surface area contributed by atoms with Crippen LogP contribution in [-0.2, 0) is 14.3 Å². The number of rotatable bonds is 8. The summed E-state index contributed by atoms with van der Waals surface area (Å²) >= 11 is 1.09. The van der Waals surface area contributed by atoms with Crippen molar-refractivity contribution in [3.8, 4) is 0 Å². The van der Waals surface area contributed by atoms with Crippen molar-refractivity contribution in [3.05, 3.63) is 0 Å². The molecule has 0 spiro atoms. The molecule has 0 rings (SSSR count). The quantitative estimate of drug-likeness (QED) is 0.649. The SMILES string of the molecule is CC(=O)N[C@@H](CSCCOCC(F)(F)F)C(=O)O. The fraction of sp³-hybridized carbons (Fsp3) is 0.778. The van der Waals surface area contributed by atoms with Crippen molar-refractivity contribution in [1.82, 2.24) is 5.32 Å². The molecule has 2 N–H and O–H groups in total. The van der Waals surface area contributed by atoms with Crippen LogP contribution in [0.1, 0.15) is 6.92 Å². The van der Waals surface area contributed by atoms with Crippen LogP contribution in [0.15, 0.2) is 0 Å². The molecule has 0 aromatic heterocycles. The molecule has 0 unspecified atom stereocenters. The van der Waals surface area contributed by atoms with Crippen LogP contribution in [0.3, 0.4) is 0 Å². The third-order valence-corrected chi connectivity index (χ3v) is 2.62. The number of carbonyl (C=O) groups excluding carboxylic acids is 1. The van der Waals surface area contributed by atoms with E-state index in [1.165, 1.54) is 6.92 Å². The summed E-state index contributed by atoms with van der Waals surface area (Å²) in [6.07, 6.45) is -4.36. The Morgan fingerprint density at radius 3 is 2.50 bits per heavy atom. The molecule has 0 heterocycles. The zero-order valence-electron chi connectivity index (χ0n) is 9.62. The number of halogens is 3. The maximum atomic E-state index is 11.7.